The molecule has 0 amide bonds. The molecule has 4 heteroatoms. The molecule has 0 radical (unpaired) electrons. The number of hydrogen-bond donors (Lipinski definition) is 1. The van der Waals surface area contributed by atoms with Gasteiger partial charge >= 0.3 is 0 Å². The predicted molar refractivity (Wildman–Crippen MR) is 82.9 cm³/mol. The Morgan fingerprint density at radius 1 is 1.40 bits per heavy atom. The van der Waals surface area contributed by atoms with Crippen LogP contribution < -0.4 is 0 Å². The molecule has 2 heterocycles. The summed E-state index contributed by atoms with van der Waals surface area (Å²) in [4.78, 5) is 6.69. The van der Waals surface area contributed by atoms with Crippen molar-refractivity contribution in [2.24, 2.45) is 0 Å². The molecule has 1 N–H and O–H groups in total. The van der Waals surface area contributed by atoms with Gasteiger partial charge in [0.15, 0.2) is 0 Å². The molecule has 0 unspecified atom stereocenters. The van der Waals surface area contributed by atoms with Crippen LogP contribution in [0.4, 0.5) is 0 Å². The van der Waals surface area contributed by atoms with Crippen LogP contribution in [0.5, 0.6) is 0 Å². The van der Waals surface area contributed by atoms with Crippen LogP contribution in [0, 0.1) is 0 Å². The van der Waals surface area contributed by atoms with E-state index in [9.17, 15) is 0 Å². The van der Waals surface area contributed by atoms with E-state index in [1.807, 2.05) is 19.2 Å². The van der Waals surface area contributed by atoms with Gasteiger partial charge < -0.3 is 9.84 Å². The highest BCUT2D eigenvalue weighted by Crippen LogP contribution is 2.22. The van der Waals surface area contributed by atoms with Crippen molar-refractivity contribution in [2.45, 2.75) is 13.3 Å². The van der Waals surface area contributed by atoms with Gasteiger partial charge in [0, 0.05) is 28.6 Å². The van der Waals surface area contributed by atoms with Gasteiger partial charge in [-0.05, 0) is 42.3 Å². The summed E-state index contributed by atoms with van der Waals surface area (Å²) >= 11 is 1.79. The Balaban J connectivity index is 1.93. The highest BCUT2D eigenvalue weighted by Gasteiger charge is 2.01. The minimum absolute atomic E-state index is 0.0710. The number of rotatable bonds is 7. The Hall–Kier alpha value is -1.49. The second-order valence-electron chi connectivity index (χ2n) is 4.61. The summed E-state index contributed by atoms with van der Waals surface area (Å²) in [6.07, 6.45) is 6.76. The van der Waals surface area contributed by atoms with Crippen molar-refractivity contribution < 1.29 is 9.84 Å². The molecule has 0 fully saturated rings. The summed E-state index contributed by atoms with van der Waals surface area (Å²) in [6, 6.07) is 8.35. The Kier molecular flexibility index (Phi) is 5.92. The van der Waals surface area contributed by atoms with Gasteiger partial charge in [0.1, 0.15) is 0 Å². The zero-order valence-corrected chi connectivity index (χ0v) is 12.4. The van der Waals surface area contributed by atoms with E-state index in [1.54, 1.807) is 17.5 Å². The quantitative estimate of drug-likeness (QED) is 0.796. The van der Waals surface area contributed by atoms with Crippen molar-refractivity contribution >= 4 is 17.4 Å². The van der Waals surface area contributed by atoms with Gasteiger partial charge in [-0.15, -0.1) is 11.3 Å². The fourth-order valence-corrected chi connectivity index (χ4v) is 2.93. The Morgan fingerprint density at radius 3 is 3.05 bits per heavy atom. The number of nitrogens with zero attached hydrogens (tertiary/aromatic N) is 1. The van der Waals surface area contributed by atoms with E-state index in [0.29, 0.717) is 13.2 Å². The Morgan fingerprint density at radius 2 is 2.30 bits per heavy atom. The van der Waals surface area contributed by atoms with E-state index in [4.69, 9.17) is 9.84 Å². The minimum atomic E-state index is 0.0710. The largest absolute Gasteiger partial charge is 0.394 e. The number of thiophene rings is 1. The Bertz CT molecular complexity index is 549. The third kappa shape index (κ3) is 4.89. The average molecular weight is 289 g/mol. The highest BCUT2D eigenvalue weighted by atomic mass is 32.1. The number of aliphatic hydroxyl groups is 1. The van der Waals surface area contributed by atoms with Crippen molar-refractivity contribution in [1.29, 1.82) is 0 Å². The summed E-state index contributed by atoms with van der Waals surface area (Å²) in [6.45, 7) is 3.07. The van der Waals surface area contributed by atoms with Crippen LogP contribution in [0.1, 0.15) is 22.2 Å². The predicted octanol–water partition coefficient (Wildman–Crippen LogP) is 3.15. The summed E-state index contributed by atoms with van der Waals surface area (Å²) in [5, 5.41) is 8.66. The standard InChI is InChI=1S/C16H19NO2S/c1-13(12-19-8-7-18)9-15-4-5-16(20-15)10-14-3-2-6-17-11-14/h2-6,9,11,18H,7-8,10,12H2,1H3. The van der Waals surface area contributed by atoms with E-state index < -0.39 is 0 Å². The first-order chi connectivity index (χ1) is 9.78. The molecule has 2 aromatic heterocycles. The lowest BCUT2D eigenvalue weighted by atomic mass is 10.2. The smallest absolute Gasteiger partial charge is 0.0702 e. The molecular formula is C16H19NO2S. The molecule has 0 aliphatic carbocycles. The van der Waals surface area contributed by atoms with Gasteiger partial charge in [-0.25, -0.2) is 0 Å². The monoisotopic (exact) mass is 289 g/mol. The highest BCUT2D eigenvalue weighted by molar-refractivity contribution is 7.12. The lowest BCUT2D eigenvalue weighted by Gasteiger charge is -2.01. The molecule has 0 aliphatic heterocycles. The van der Waals surface area contributed by atoms with Crippen molar-refractivity contribution in [3.8, 4) is 0 Å². The molecule has 0 atom stereocenters. The molecule has 0 saturated carbocycles. The zero-order chi connectivity index (χ0) is 14.2. The van der Waals surface area contributed by atoms with Gasteiger partial charge in [0.05, 0.1) is 19.8 Å². The van der Waals surface area contributed by atoms with Crippen molar-refractivity contribution in [2.75, 3.05) is 19.8 Å². The first-order valence-corrected chi connectivity index (χ1v) is 7.43. The number of aliphatic hydroxyl groups excluding tert-OH is 1. The van der Waals surface area contributed by atoms with E-state index in [0.717, 1.165) is 12.0 Å². The maximum Gasteiger partial charge on any atom is 0.0702 e. The third-order valence-corrected chi connectivity index (χ3v) is 3.77. The molecule has 2 rings (SSSR count). The molecule has 0 bridgehead atoms. The molecule has 2 aromatic rings. The summed E-state index contributed by atoms with van der Waals surface area (Å²) in [7, 11) is 0. The van der Waals surface area contributed by atoms with Crippen LogP contribution in [-0.2, 0) is 11.2 Å². The SMILES string of the molecule is CC(=Cc1ccc(Cc2cccnc2)s1)COCCO. The van der Waals surface area contributed by atoms with Crippen LogP contribution in [-0.4, -0.2) is 29.9 Å². The summed E-state index contributed by atoms with van der Waals surface area (Å²) < 4.78 is 5.30. The van der Waals surface area contributed by atoms with Crippen LogP contribution in [0.2, 0.25) is 0 Å². The van der Waals surface area contributed by atoms with E-state index in [1.165, 1.54) is 15.3 Å². The van der Waals surface area contributed by atoms with Gasteiger partial charge in [0.2, 0.25) is 0 Å². The van der Waals surface area contributed by atoms with Crippen molar-refractivity contribution in [3.63, 3.8) is 0 Å². The second-order valence-corrected chi connectivity index (χ2v) is 5.81. The maximum atomic E-state index is 8.66. The Labute approximate surface area is 123 Å². The molecular weight excluding hydrogens is 270 g/mol. The topological polar surface area (TPSA) is 42.4 Å². The number of hydrogen-bond acceptors (Lipinski definition) is 4. The first kappa shape index (κ1) is 14.9. The average Bonchev–Trinajstić information content (AvgIpc) is 2.87. The van der Waals surface area contributed by atoms with Crippen LogP contribution in [0.25, 0.3) is 6.08 Å². The molecule has 0 saturated heterocycles. The fraction of sp³-hybridized carbons (Fsp3) is 0.312. The molecule has 3 nitrogen and oxygen atoms in total. The van der Waals surface area contributed by atoms with E-state index >= 15 is 0 Å². The molecule has 106 valence electrons. The molecule has 0 aromatic carbocycles. The lowest BCUT2D eigenvalue weighted by molar-refractivity contribution is 0.108. The minimum Gasteiger partial charge on any atom is -0.394 e. The van der Waals surface area contributed by atoms with Crippen LogP contribution >= 0.6 is 11.3 Å². The van der Waals surface area contributed by atoms with Gasteiger partial charge in [-0.2, -0.15) is 0 Å². The first-order valence-electron chi connectivity index (χ1n) is 6.61. The number of ether oxygens (including phenoxy) is 1. The summed E-state index contributed by atoms with van der Waals surface area (Å²) in [5.41, 5.74) is 2.39. The van der Waals surface area contributed by atoms with Gasteiger partial charge in [-0.1, -0.05) is 6.07 Å². The van der Waals surface area contributed by atoms with Crippen molar-refractivity contribution in [1.82, 2.24) is 4.98 Å². The van der Waals surface area contributed by atoms with Crippen LogP contribution in [0.3, 0.4) is 0 Å². The third-order valence-electron chi connectivity index (χ3n) is 2.74. The number of aromatic nitrogens is 1. The molecule has 0 spiro atoms. The maximum absolute atomic E-state index is 8.66. The second kappa shape index (κ2) is 7.94. The molecule has 0 aliphatic rings. The normalized spacial score (nSPS) is 11.8. The van der Waals surface area contributed by atoms with Gasteiger partial charge in [-0.3, -0.25) is 4.98 Å². The van der Waals surface area contributed by atoms with E-state index in [2.05, 4.69) is 29.3 Å². The fourth-order valence-electron chi connectivity index (χ4n) is 1.85. The number of pyridine rings is 1. The van der Waals surface area contributed by atoms with E-state index in [-0.39, 0.29) is 6.61 Å². The van der Waals surface area contributed by atoms with Crippen molar-refractivity contribution in [3.05, 3.63) is 57.6 Å². The lowest BCUT2D eigenvalue weighted by Crippen LogP contribution is -2.01. The zero-order valence-electron chi connectivity index (χ0n) is 11.6. The summed E-state index contributed by atoms with van der Waals surface area (Å²) in [5.74, 6) is 0. The van der Waals surface area contributed by atoms with Gasteiger partial charge in [0.25, 0.3) is 0 Å². The van der Waals surface area contributed by atoms with Crippen LogP contribution in [0.15, 0.2) is 42.2 Å². The molecule has 20 heavy (non-hydrogen) atoms.